The summed E-state index contributed by atoms with van der Waals surface area (Å²) in [4.78, 5) is 16.1. The lowest BCUT2D eigenvalue weighted by Crippen LogP contribution is -2.52. The van der Waals surface area contributed by atoms with E-state index in [0.717, 1.165) is 24.8 Å². The van der Waals surface area contributed by atoms with Gasteiger partial charge in [0.15, 0.2) is 9.84 Å². The number of nitrogens with zero attached hydrogens (tertiary/aromatic N) is 1. The minimum Gasteiger partial charge on any atom is -0.390 e. The monoisotopic (exact) mass is 448 g/mol. The normalized spacial score (nSPS) is 18.8. The minimum absolute atomic E-state index is 0.216. The lowest BCUT2D eigenvalue weighted by molar-refractivity contribution is 0.252. The lowest BCUT2D eigenvalue weighted by Gasteiger charge is -2.43. The van der Waals surface area contributed by atoms with Crippen molar-refractivity contribution in [2.24, 2.45) is 16.5 Å². The maximum atomic E-state index is 13.0. The smallest absolute Gasteiger partial charge is 0.319 e. The highest BCUT2D eigenvalue weighted by Gasteiger charge is 2.57. The summed E-state index contributed by atoms with van der Waals surface area (Å²) in [6.07, 6.45) is 5.32. The van der Waals surface area contributed by atoms with Crippen molar-refractivity contribution in [3.8, 4) is 0 Å². The topological polar surface area (TPSA) is 152 Å². The molecular weight excluding hydrogens is 416 g/mol. The quantitative estimate of drug-likeness (QED) is 0.268. The second-order valence-electron chi connectivity index (χ2n) is 8.01. The number of carbonyl (C=O) groups excluding carboxylic acids is 1. The van der Waals surface area contributed by atoms with E-state index in [9.17, 15) is 13.2 Å². The first-order valence-electron chi connectivity index (χ1n) is 10.6. The zero-order chi connectivity index (χ0) is 22.5. The van der Waals surface area contributed by atoms with E-state index >= 15 is 0 Å². The molecule has 0 heterocycles. The molecule has 3 rings (SSSR count). The number of carbonyl (C=O) groups is 1. The van der Waals surface area contributed by atoms with Crippen LogP contribution in [0.15, 0.2) is 41.0 Å². The fourth-order valence-electron chi connectivity index (χ4n) is 3.76. The summed E-state index contributed by atoms with van der Waals surface area (Å²) in [7, 11) is -1.49. The molecule has 170 valence electrons. The van der Waals surface area contributed by atoms with Crippen LogP contribution in [-0.4, -0.2) is 50.4 Å². The van der Waals surface area contributed by atoms with Gasteiger partial charge in [0.2, 0.25) is 0 Å². The number of aliphatic imine (C=N–C) groups is 1. The number of sulfone groups is 1. The number of hydrogen-bond acceptors (Lipinski definition) is 6. The number of rotatable bonds is 10. The van der Waals surface area contributed by atoms with Crippen LogP contribution in [0.2, 0.25) is 0 Å². The lowest BCUT2D eigenvalue weighted by atomic mass is 9.81. The summed E-state index contributed by atoms with van der Waals surface area (Å²) in [5, 5.41) is 8.21. The number of amidine groups is 1. The maximum Gasteiger partial charge on any atom is 0.319 e. The molecule has 0 aromatic heterocycles. The number of urea groups is 1. The van der Waals surface area contributed by atoms with Crippen LogP contribution in [0, 0.1) is 0 Å². The standard InChI is InChI=1S/C21H32N6O3S/c1-24-18(21(9-2-10-21)31(29,30)17-7-8-17)13-19(23)26-14-15-3-5-16(6-4-15)27-20(28)25-12-11-22/h3-6,13,17,24H,2,7-12,14,22H2,1H3,(H2,23,26)(H2,25,27,28)/b18-13-. The van der Waals surface area contributed by atoms with Crippen molar-refractivity contribution < 1.29 is 13.2 Å². The third-order valence-corrected chi connectivity index (χ3v) is 8.87. The molecule has 2 fully saturated rings. The third-order valence-electron chi connectivity index (χ3n) is 5.81. The van der Waals surface area contributed by atoms with Gasteiger partial charge in [-0.05, 0) is 49.8 Å². The minimum atomic E-state index is -3.22. The third kappa shape index (κ3) is 5.19. The maximum absolute atomic E-state index is 13.0. The van der Waals surface area contributed by atoms with Gasteiger partial charge in [0.1, 0.15) is 10.6 Å². The Morgan fingerprint density at radius 1 is 1.26 bits per heavy atom. The van der Waals surface area contributed by atoms with Crippen LogP contribution in [0.1, 0.15) is 37.7 Å². The molecular formula is C21H32N6O3S. The van der Waals surface area contributed by atoms with Crippen LogP contribution in [0.4, 0.5) is 10.5 Å². The average molecular weight is 449 g/mol. The van der Waals surface area contributed by atoms with Crippen LogP contribution < -0.4 is 27.4 Å². The average Bonchev–Trinajstić information content (AvgIpc) is 3.56. The molecule has 0 spiro atoms. The summed E-state index contributed by atoms with van der Waals surface area (Å²) < 4.78 is 25.2. The molecule has 0 unspecified atom stereocenters. The molecule has 2 amide bonds. The van der Waals surface area contributed by atoms with Crippen LogP contribution in [0.3, 0.4) is 0 Å². The molecule has 31 heavy (non-hydrogen) atoms. The molecule has 0 bridgehead atoms. The number of anilines is 1. The molecule has 2 saturated carbocycles. The number of benzene rings is 1. The molecule has 2 aliphatic carbocycles. The van der Waals surface area contributed by atoms with Gasteiger partial charge in [0.25, 0.3) is 0 Å². The Hall–Kier alpha value is -2.59. The van der Waals surface area contributed by atoms with Gasteiger partial charge in [-0.2, -0.15) is 0 Å². The molecule has 0 atom stereocenters. The van der Waals surface area contributed by atoms with E-state index in [1.807, 2.05) is 12.1 Å². The first kappa shape index (κ1) is 23.1. The Balaban J connectivity index is 1.65. The summed E-state index contributed by atoms with van der Waals surface area (Å²) in [6, 6.07) is 6.95. The molecule has 0 radical (unpaired) electrons. The molecule has 0 saturated heterocycles. The van der Waals surface area contributed by atoms with Gasteiger partial charge in [-0.3, -0.25) is 4.99 Å². The molecule has 2 aliphatic rings. The summed E-state index contributed by atoms with van der Waals surface area (Å²) in [5.74, 6) is 0.282. The van der Waals surface area contributed by atoms with Gasteiger partial charge in [0, 0.05) is 37.6 Å². The number of nitrogens with one attached hydrogen (secondary N) is 3. The molecule has 7 N–H and O–H groups in total. The van der Waals surface area contributed by atoms with E-state index in [1.54, 1.807) is 25.3 Å². The van der Waals surface area contributed by atoms with E-state index in [4.69, 9.17) is 11.5 Å². The van der Waals surface area contributed by atoms with Crippen molar-refractivity contribution in [3.63, 3.8) is 0 Å². The van der Waals surface area contributed by atoms with Crippen molar-refractivity contribution >= 4 is 27.4 Å². The van der Waals surface area contributed by atoms with Crippen LogP contribution >= 0.6 is 0 Å². The van der Waals surface area contributed by atoms with E-state index < -0.39 is 14.6 Å². The fourth-order valence-corrected chi connectivity index (χ4v) is 6.48. The first-order chi connectivity index (χ1) is 14.8. The summed E-state index contributed by atoms with van der Waals surface area (Å²) >= 11 is 0. The Morgan fingerprint density at radius 3 is 2.45 bits per heavy atom. The summed E-state index contributed by atoms with van der Waals surface area (Å²) in [6.45, 7) is 1.13. The van der Waals surface area contributed by atoms with Gasteiger partial charge in [0.05, 0.1) is 11.8 Å². The van der Waals surface area contributed by atoms with Gasteiger partial charge < -0.3 is 27.4 Å². The van der Waals surface area contributed by atoms with Gasteiger partial charge in [-0.1, -0.05) is 12.1 Å². The number of nitrogens with two attached hydrogens (primary N) is 2. The highest BCUT2D eigenvalue weighted by Crippen LogP contribution is 2.50. The first-order valence-corrected chi connectivity index (χ1v) is 12.1. The number of amides is 2. The largest absolute Gasteiger partial charge is 0.390 e. The SMILES string of the molecule is CN/C(=C\C(N)=N/Cc1ccc(NC(=O)NCCN)cc1)C1(S(=O)(=O)C2CC2)CCC1. The van der Waals surface area contributed by atoms with Gasteiger partial charge in [-0.25, -0.2) is 13.2 Å². The zero-order valence-electron chi connectivity index (χ0n) is 17.9. The number of hydrogen-bond donors (Lipinski definition) is 5. The van der Waals surface area contributed by atoms with Crippen LogP contribution in [0.5, 0.6) is 0 Å². The van der Waals surface area contributed by atoms with Crippen molar-refractivity contribution in [1.82, 2.24) is 10.6 Å². The Bertz CT molecular complexity index is 948. The van der Waals surface area contributed by atoms with Crippen molar-refractivity contribution in [2.75, 3.05) is 25.5 Å². The molecule has 0 aliphatic heterocycles. The van der Waals surface area contributed by atoms with Gasteiger partial charge in [-0.15, -0.1) is 0 Å². The van der Waals surface area contributed by atoms with E-state index in [2.05, 4.69) is 20.9 Å². The highest BCUT2D eigenvalue weighted by atomic mass is 32.2. The van der Waals surface area contributed by atoms with Gasteiger partial charge >= 0.3 is 6.03 Å². The molecule has 1 aromatic carbocycles. The molecule has 9 nitrogen and oxygen atoms in total. The molecule has 10 heteroatoms. The predicted octanol–water partition coefficient (Wildman–Crippen LogP) is 1.23. The Morgan fingerprint density at radius 2 is 1.94 bits per heavy atom. The Kier molecular flexibility index (Phi) is 7.22. The van der Waals surface area contributed by atoms with E-state index in [1.165, 1.54) is 0 Å². The second-order valence-corrected chi connectivity index (χ2v) is 10.5. The highest BCUT2D eigenvalue weighted by molar-refractivity contribution is 7.94. The van der Waals surface area contributed by atoms with Crippen LogP contribution in [-0.2, 0) is 16.4 Å². The molecule has 1 aromatic rings. The zero-order valence-corrected chi connectivity index (χ0v) is 18.7. The predicted molar refractivity (Wildman–Crippen MR) is 124 cm³/mol. The van der Waals surface area contributed by atoms with Crippen molar-refractivity contribution in [3.05, 3.63) is 41.6 Å². The Labute approximate surface area is 183 Å². The fraction of sp³-hybridized carbons (Fsp3) is 0.524. The van der Waals surface area contributed by atoms with E-state index in [-0.39, 0.29) is 17.1 Å². The summed E-state index contributed by atoms with van der Waals surface area (Å²) in [5.41, 5.74) is 13.7. The second kappa shape index (κ2) is 9.69. The van der Waals surface area contributed by atoms with Crippen LogP contribution in [0.25, 0.3) is 0 Å². The van der Waals surface area contributed by atoms with Crippen molar-refractivity contribution in [2.45, 2.75) is 48.6 Å². The van der Waals surface area contributed by atoms with Crippen molar-refractivity contribution in [1.29, 1.82) is 0 Å². The van der Waals surface area contributed by atoms with E-state index in [0.29, 0.717) is 43.9 Å².